The molecule has 3 nitrogen and oxygen atoms in total. The minimum atomic E-state index is -0.316. The molecule has 2 rings (SSSR count). The third-order valence-corrected chi connectivity index (χ3v) is 3.46. The first-order valence-corrected chi connectivity index (χ1v) is 6.21. The van der Waals surface area contributed by atoms with Gasteiger partial charge in [0, 0.05) is 16.2 Å². The van der Waals surface area contributed by atoms with Gasteiger partial charge < -0.3 is 10.6 Å². The summed E-state index contributed by atoms with van der Waals surface area (Å²) in [5, 5.41) is 6.10. The van der Waals surface area contributed by atoms with Gasteiger partial charge in [0.1, 0.15) is 5.82 Å². The van der Waals surface area contributed by atoms with E-state index in [0.717, 1.165) is 19.5 Å². The van der Waals surface area contributed by atoms with Crippen LogP contribution < -0.4 is 10.6 Å². The van der Waals surface area contributed by atoms with E-state index in [1.54, 1.807) is 0 Å². The second-order valence-electron chi connectivity index (χ2n) is 3.79. The zero-order valence-corrected chi connectivity index (χ0v) is 10.8. The Kier molecular flexibility index (Phi) is 3.75. The molecule has 1 atom stereocenters. The van der Waals surface area contributed by atoms with Crippen LogP contribution in [0.5, 0.6) is 0 Å². The van der Waals surface area contributed by atoms with Crippen molar-refractivity contribution < 1.29 is 9.18 Å². The lowest BCUT2D eigenvalue weighted by molar-refractivity contribution is 0.0939. The van der Waals surface area contributed by atoms with Crippen LogP contribution in [-0.2, 0) is 0 Å². The van der Waals surface area contributed by atoms with Crippen LogP contribution in [0, 0.1) is 9.39 Å². The number of benzene rings is 1. The summed E-state index contributed by atoms with van der Waals surface area (Å²) in [5.41, 5.74) is 0.536. The highest BCUT2D eigenvalue weighted by Gasteiger charge is 2.18. The van der Waals surface area contributed by atoms with E-state index in [9.17, 15) is 9.18 Å². The van der Waals surface area contributed by atoms with Crippen molar-refractivity contribution in [3.05, 3.63) is 33.1 Å². The summed E-state index contributed by atoms with van der Waals surface area (Å²) >= 11 is 1.97. The molecule has 86 valence electrons. The Morgan fingerprint density at radius 2 is 2.38 bits per heavy atom. The van der Waals surface area contributed by atoms with Crippen LogP contribution in [0.3, 0.4) is 0 Å². The van der Waals surface area contributed by atoms with Crippen molar-refractivity contribution >= 4 is 28.5 Å². The second-order valence-corrected chi connectivity index (χ2v) is 4.95. The Hall–Kier alpha value is -0.690. The van der Waals surface area contributed by atoms with Gasteiger partial charge in [-0.05, 0) is 53.8 Å². The summed E-state index contributed by atoms with van der Waals surface area (Å²) in [6.07, 6.45) is 0.948. The molecule has 0 saturated carbocycles. The molecule has 1 saturated heterocycles. The van der Waals surface area contributed by atoms with E-state index < -0.39 is 0 Å². The van der Waals surface area contributed by atoms with Crippen LogP contribution in [0.2, 0.25) is 0 Å². The van der Waals surface area contributed by atoms with Crippen molar-refractivity contribution in [1.82, 2.24) is 10.6 Å². The van der Waals surface area contributed by atoms with Gasteiger partial charge in [0.05, 0.1) is 5.56 Å². The molecule has 1 aliphatic heterocycles. The maximum absolute atomic E-state index is 12.9. The number of nitrogens with one attached hydrogen (secondary N) is 2. The molecule has 1 amide bonds. The van der Waals surface area contributed by atoms with E-state index in [-0.39, 0.29) is 17.8 Å². The lowest BCUT2D eigenvalue weighted by Gasteiger charge is -2.12. The summed E-state index contributed by atoms with van der Waals surface area (Å²) in [7, 11) is 0. The molecule has 5 heteroatoms. The Bertz CT molecular complexity index is 405. The largest absolute Gasteiger partial charge is 0.348 e. The average Bonchev–Trinajstić information content (AvgIpc) is 2.70. The molecule has 2 N–H and O–H groups in total. The van der Waals surface area contributed by atoms with Gasteiger partial charge in [-0.2, -0.15) is 0 Å². The molecule has 0 aliphatic carbocycles. The van der Waals surface area contributed by atoms with Gasteiger partial charge in [0.15, 0.2) is 0 Å². The maximum Gasteiger partial charge on any atom is 0.252 e. The van der Waals surface area contributed by atoms with Gasteiger partial charge >= 0.3 is 0 Å². The van der Waals surface area contributed by atoms with Crippen LogP contribution >= 0.6 is 22.6 Å². The number of hydrogen-bond donors (Lipinski definition) is 2. The fourth-order valence-electron chi connectivity index (χ4n) is 1.71. The number of rotatable bonds is 2. The molecular formula is C11H12FIN2O. The first-order chi connectivity index (χ1) is 7.66. The van der Waals surface area contributed by atoms with Crippen molar-refractivity contribution in [1.29, 1.82) is 0 Å². The van der Waals surface area contributed by atoms with Crippen LogP contribution in [0.1, 0.15) is 16.8 Å². The smallest absolute Gasteiger partial charge is 0.252 e. The van der Waals surface area contributed by atoms with E-state index in [2.05, 4.69) is 10.6 Å². The van der Waals surface area contributed by atoms with Crippen molar-refractivity contribution in [2.75, 3.05) is 13.1 Å². The Morgan fingerprint density at radius 1 is 1.56 bits per heavy atom. The molecule has 1 aliphatic rings. The highest BCUT2D eigenvalue weighted by Crippen LogP contribution is 2.14. The zero-order valence-electron chi connectivity index (χ0n) is 8.59. The SMILES string of the molecule is O=C(N[C@H]1CCNC1)c1ccc(F)cc1I. The van der Waals surface area contributed by atoms with Crippen LogP contribution in [0.15, 0.2) is 18.2 Å². The fourth-order valence-corrected chi connectivity index (χ4v) is 2.44. The average molecular weight is 334 g/mol. The molecule has 16 heavy (non-hydrogen) atoms. The predicted octanol–water partition coefficient (Wildman–Crippen LogP) is 1.52. The van der Waals surface area contributed by atoms with Crippen molar-refractivity contribution in [2.45, 2.75) is 12.5 Å². The number of hydrogen-bond acceptors (Lipinski definition) is 2. The van der Waals surface area contributed by atoms with Gasteiger partial charge in [0.25, 0.3) is 5.91 Å². The van der Waals surface area contributed by atoms with Crippen LogP contribution in [0.25, 0.3) is 0 Å². The number of carbonyl (C=O) groups excluding carboxylic acids is 1. The van der Waals surface area contributed by atoms with Gasteiger partial charge in [-0.15, -0.1) is 0 Å². The molecular weight excluding hydrogens is 322 g/mol. The molecule has 0 aromatic heterocycles. The molecule has 1 aromatic rings. The van der Waals surface area contributed by atoms with Gasteiger partial charge in [-0.3, -0.25) is 4.79 Å². The Labute approximate surface area is 107 Å². The molecule has 0 radical (unpaired) electrons. The third kappa shape index (κ3) is 2.70. The summed E-state index contributed by atoms with van der Waals surface area (Å²) in [6, 6.07) is 4.38. The first-order valence-electron chi connectivity index (χ1n) is 5.13. The highest BCUT2D eigenvalue weighted by molar-refractivity contribution is 14.1. The second kappa shape index (κ2) is 5.09. The quantitative estimate of drug-likeness (QED) is 0.806. The topological polar surface area (TPSA) is 41.1 Å². The van der Waals surface area contributed by atoms with Gasteiger partial charge in [0.2, 0.25) is 0 Å². The monoisotopic (exact) mass is 334 g/mol. The third-order valence-electron chi connectivity index (χ3n) is 2.57. The zero-order chi connectivity index (χ0) is 11.5. The molecule has 0 spiro atoms. The maximum atomic E-state index is 12.9. The normalized spacial score (nSPS) is 19.8. The standard InChI is InChI=1S/C11H12FIN2O/c12-7-1-2-9(10(13)5-7)11(16)15-8-3-4-14-6-8/h1-2,5,8,14H,3-4,6H2,(H,15,16)/t8-/m0/s1. The van der Waals surface area contributed by atoms with Gasteiger partial charge in [-0.1, -0.05) is 0 Å². The number of carbonyl (C=O) groups is 1. The summed E-state index contributed by atoms with van der Waals surface area (Å²) < 4.78 is 13.5. The minimum Gasteiger partial charge on any atom is -0.348 e. The molecule has 1 fully saturated rings. The van der Waals surface area contributed by atoms with E-state index >= 15 is 0 Å². The Morgan fingerprint density at radius 3 is 3.00 bits per heavy atom. The van der Waals surface area contributed by atoms with E-state index in [1.807, 2.05) is 22.6 Å². The summed E-state index contributed by atoms with van der Waals surface area (Å²) in [6.45, 7) is 1.75. The minimum absolute atomic E-state index is 0.127. The lowest BCUT2D eigenvalue weighted by Crippen LogP contribution is -2.36. The van der Waals surface area contributed by atoms with E-state index in [1.165, 1.54) is 18.2 Å². The molecule has 0 bridgehead atoms. The van der Waals surface area contributed by atoms with Gasteiger partial charge in [-0.25, -0.2) is 4.39 Å². The number of halogens is 2. The fraction of sp³-hybridized carbons (Fsp3) is 0.364. The first kappa shape index (κ1) is 11.8. The van der Waals surface area contributed by atoms with Crippen LogP contribution in [-0.4, -0.2) is 25.0 Å². The molecule has 1 aromatic carbocycles. The summed E-state index contributed by atoms with van der Waals surface area (Å²) in [5.74, 6) is -0.443. The van der Waals surface area contributed by atoms with E-state index in [0.29, 0.717) is 9.13 Å². The van der Waals surface area contributed by atoms with Crippen molar-refractivity contribution in [3.8, 4) is 0 Å². The Balaban J connectivity index is 2.08. The van der Waals surface area contributed by atoms with Crippen molar-refractivity contribution in [3.63, 3.8) is 0 Å². The highest BCUT2D eigenvalue weighted by atomic mass is 127. The number of amides is 1. The lowest BCUT2D eigenvalue weighted by atomic mass is 10.2. The summed E-state index contributed by atoms with van der Waals surface area (Å²) in [4.78, 5) is 11.9. The molecule has 0 unspecified atom stereocenters. The van der Waals surface area contributed by atoms with Crippen LogP contribution in [0.4, 0.5) is 4.39 Å². The molecule has 1 heterocycles. The van der Waals surface area contributed by atoms with Crippen molar-refractivity contribution in [2.24, 2.45) is 0 Å². The van der Waals surface area contributed by atoms with E-state index in [4.69, 9.17) is 0 Å². The predicted molar refractivity (Wildman–Crippen MR) is 67.9 cm³/mol.